The van der Waals surface area contributed by atoms with Crippen LogP contribution in [0.5, 0.6) is 0 Å². The summed E-state index contributed by atoms with van der Waals surface area (Å²) < 4.78 is 0. The van der Waals surface area contributed by atoms with Gasteiger partial charge in [0.05, 0.1) is 0 Å². The lowest BCUT2D eigenvalue weighted by molar-refractivity contribution is 0.0403. The Morgan fingerprint density at radius 1 is 1.00 bits per heavy atom. The zero-order chi connectivity index (χ0) is 15.1. The van der Waals surface area contributed by atoms with Crippen LogP contribution in [-0.2, 0) is 0 Å². The summed E-state index contributed by atoms with van der Waals surface area (Å²) in [6.07, 6.45) is 16.4. The Labute approximate surface area is 132 Å². The van der Waals surface area contributed by atoms with Crippen molar-refractivity contribution in [2.24, 2.45) is 11.7 Å². The highest BCUT2D eigenvalue weighted by Crippen LogP contribution is 2.41. The molecule has 2 fully saturated rings. The summed E-state index contributed by atoms with van der Waals surface area (Å²) in [5.74, 6) is 0.849. The van der Waals surface area contributed by atoms with Crippen molar-refractivity contribution in [2.75, 3.05) is 13.1 Å². The van der Waals surface area contributed by atoms with Crippen molar-refractivity contribution in [3.8, 4) is 0 Å². The first-order chi connectivity index (χ1) is 10.2. The monoisotopic (exact) mass is 294 g/mol. The van der Waals surface area contributed by atoms with Crippen molar-refractivity contribution in [3.05, 3.63) is 0 Å². The molecule has 2 heteroatoms. The number of piperidine rings is 1. The molecular formula is C19H38N2. The first-order valence-corrected chi connectivity index (χ1v) is 9.73. The van der Waals surface area contributed by atoms with Crippen LogP contribution in [0, 0.1) is 5.92 Å². The fourth-order valence-electron chi connectivity index (χ4n) is 4.81. The second-order valence-electron chi connectivity index (χ2n) is 7.62. The Balaban J connectivity index is 1.99. The van der Waals surface area contributed by atoms with Gasteiger partial charge in [0.2, 0.25) is 0 Å². The van der Waals surface area contributed by atoms with Crippen LogP contribution in [0.1, 0.15) is 90.9 Å². The van der Waals surface area contributed by atoms with Gasteiger partial charge in [0.15, 0.2) is 0 Å². The molecule has 2 rings (SSSR count). The van der Waals surface area contributed by atoms with Crippen LogP contribution in [0.25, 0.3) is 0 Å². The van der Waals surface area contributed by atoms with Crippen LogP contribution in [-0.4, -0.2) is 29.6 Å². The van der Waals surface area contributed by atoms with Gasteiger partial charge in [-0.3, -0.25) is 4.90 Å². The van der Waals surface area contributed by atoms with Gasteiger partial charge in [-0.05, 0) is 51.1 Å². The Kier molecular flexibility index (Phi) is 7.01. The molecule has 1 aliphatic carbocycles. The first kappa shape index (κ1) is 17.3. The molecule has 0 spiro atoms. The predicted octanol–water partition coefficient (Wildman–Crippen LogP) is 4.72. The molecular weight excluding hydrogens is 256 g/mol. The number of unbranched alkanes of at least 4 members (excludes halogenated alkanes) is 1. The Bertz CT molecular complexity index is 277. The van der Waals surface area contributed by atoms with Crippen molar-refractivity contribution in [3.63, 3.8) is 0 Å². The summed E-state index contributed by atoms with van der Waals surface area (Å²) in [5.41, 5.74) is 7.21. The van der Waals surface area contributed by atoms with E-state index >= 15 is 0 Å². The summed E-state index contributed by atoms with van der Waals surface area (Å²) in [6, 6.07) is 0.403. The molecule has 1 saturated carbocycles. The summed E-state index contributed by atoms with van der Waals surface area (Å²) in [4.78, 5) is 2.81. The molecule has 2 atom stereocenters. The fraction of sp³-hybridized carbons (Fsp3) is 1.00. The van der Waals surface area contributed by atoms with Gasteiger partial charge in [-0.2, -0.15) is 0 Å². The van der Waals surface area contributed by atoms with Crippen molar-refractivity contribution in [1.82, 2.24) is 4.90 Å². The van der Waals surface area contributed by atoms with E-state index < -0.39 is 0 Å². The number of likely N-dealkylation sites (tertiary alicyclic amines) is 1. The largest absolute Gasteiger partial charge is 0.326 e. The highest BCUT2D eigenvalue weighted by Gasteiger charge is 2.44. The maximum absolute atomic E-state index is 6.85. The molecule has 21 heavy (non-hydrogen) atoms. The lowest BCUT2D eigenvalue weighted by Gasteiger charge is -2.48. The van der Waals surface area contributed by atoms with E-state index in [2.05, 4.69) is 18.7 Å². The molecule has 0 radical (unpaired) electrons. The van der Waals surface area contributed by atoms with Crippen molar-refractivity contribution >= 4 is 0 Å². The van der Waals surface area contributed by atoms with E-state index in [9.17, 15) is 0 Å². The van der Waals surface area contributed by atoms with Crippen LogP contribution in [0.15, 0.2) is 0 Å². The third-order valence-electron chi connectivity index (χ3n) is 6.28. The van der Waals surface area contributed by atoms with Crippen LogP contribution < -0.4 is 5.73 Å². The lowest BCUT2D eigenvalue weighted by Crippen LogP contribution is -2.60. The zero-order valence-electron chi connectivity index (χ0n) is 14.6. The normalized spacial score (nSPS) is 25.9. The van der Waals surface area contributed by atoms with E-state index in [0.717, 1.165) is 5.92 Å². The van der Waals surface area contributed by atoms with E-state index in [-0.39, 0.29) is 0 Å². The molecule has 1 heterocycles. The fourth-order valence-corrected chi connectivity index (χ4v) is 4.81. The van der Waals surface area contributed by atoms with Crippen LogP contribution in [0.2, 0.25) is 0 Å². The highest BCUT2D eigenvalue weighted by atomic mass is 15.2. The first-order valence-electron chi connectivity index (χ1n) is 9.73. The average Bonchev–Trinajstić information content (AvgIpc) is 3.03. The van der Waals surface area contributed by atoms with Crippen molar-refractivity contribution in [2.45, 2.75) is 102 Å². The topological polar surface area (TPSA) is 29.3 Å². The molecule has 124 valence electrons. The van der Waals surface area contributed by atoms with E-state index in [1.807, 2.05) is 0 Å². The average molecular weight is 295 g/mol. The van der Waals surface area contributed by atoms with E-state index in [4.69, 9.17) is 5.73 Å². The summed E-state index contributed by atoms with van der Waals surface area (Å²) in [6.45, 7) is 7.27. The van der Waals surface area contributed by atoms with Gasteiger partial charge >= 0.3 is 0 Å². The molecule has 2 N–H and O–H groups in total. The molecule has 1 aliphatic heterocycles. The van der Waals surface area contributed by atoms with Gasteiger partial charge in [-0.25, -0.2) is 0 Å². The number of hydrogen-bond acceptors (Lipinski definition) is 2. The number of nitrogens with two attached hydrogens (primary N) is 1. The minimum absolute atomic E-state index is 0.361. The SMILES string of the molecule is CCCCC(CC)CC(N)C1(N2CCCCC2)CCCC1. The third kappa shape index (κ3) is 4.22. The molecule has 1 saturated heterocycles. The minimum atomic E-state index is 0.361. The molecule has 0 aromatic heterocycles. The smallest absolute Gasteiger partial charge is 0.0360 e. The van der Waals surface area contributed by atoms with Gasteiger partial charge in [-0.1, -0.05) is 58.8 Å². The van der Waals surface area contributed by atoms with Crippen molar-refractivity contribution in [1.29, 1.82) is 0 Å². The Hall–Kier alpha value is -0.0800. The Morgan fingerprint density at radius 3 is 2.24 bits per heavy atom. The van der Waals surface area contributed by atoms with E-state index in [1.54, 1.807) is 0 Å². The third-order valence-corrected chi connectivity index (χ3v) is 6.28. The van der Waals surface area contributed by atoms with Crippen molar-refractivity contribution < 1.29 is 0 Å². The zero-order valence-corrected chi connectivity index (χ0v) is 14.6. The standard InChI is InChI=1S/C19H38N2/c1-3-5-11-17(4-2)16-18(20)19(12-7-8-13-19)21-14-9-6-10-15-21/h17-18H,3-16,20H2,1-2H3. The summed E-state index contributed by atoms with van der Waals surface area (Å²) in [5, 5.41) is 0. The minimum Gasteiger partial charge on any atom is -0.326 e. The summed E-state index contributed by atoms with van der Waals surface area (Å²) in [7, 11) is 0. The van der Waals surface area contributed by atoms with Gasteiger partial charge in [0, 0.05) is 11.6 Å². The van der Waals surface area contributed by atoms with Gasteiger partial charge in [0.1, 0.15) is 0 Å². The molecule has 2 aliphatic rings. The van der Waals surface area contributed by atoms with E-state index in [1.165, 1.54) is 90.1 Å². The highest BCUT2D eigenvalue weighted by molar-refractivity contribution is 5.03. The molecule has 0 aromatic rings. The maximum Gasteiger partial charge on any atom is 0.0360 e. The van der Waals surface area contributed by atoms with Gasteiger partial charge in [0.25, 0.3) is 0 Å². The van der Waals surface area contributed by atoms with Gasteiger partial charge < -0.3 is 5.73 Å². The number of hydrogen-bond donors (Lipinski definition) is 1. The molecule has 0 bridgehead atoms. The van der Waals surface area contributed by atoms with Crippen LogP contribution >= 0.6 is 0 Å². The van der Waals surface area contributed by atoms with Gasteiger partial charge in [-0.15, -0.1) is 0 Å². The molecule has 2 nitrogen and oxygen atoms in total. The van der Waals surface area contributed by atoms with Crippen LogP contribution in [0.3, 0.4) is 0 Å². The second-order valence-corrected chi connectivity index (χ2v) is 7.62. The molecule has 0 amide bonds. The van der Waals surface area contributed by atoms with Crippen LogP contribution in [0.4, 0.5) is 0 Å². The second kappa shape index (κ2) is 8.53. The molecule has 0 aromatic carbocycles. The quantitative estimate of drug-likeness (QED) is 0.702. The Morgan fingerprint density at radius 2 is 1.67 bits per heavy atom. The number of nitrogens with zero attached hydrogens (tertiary/aromatic N) is 1. The van der Waals surface area contributed by atoms with E-state index in [0.29, 0.717) is 11.6 Å². The maximum atomic E-state index is 6.85. The lowest BCUT2D eigenvalue weighted by atomic mass is 9.79. The number of rotatable bonds is 8. The predicted molar refractivity (Wildman–Crippen MR) is 92.5 cm³/mol. The molecule has 2 unspecified atom stereocenters. The summed E-state index contributed by atoms with van der Waals surface area (Å²) >= 11 is 0.